The van der Waals surface area contributed by atoms with Gasteiger partial charge < -0.3 is 26.6 Å². The molecule has 1 unspecified atom stereocenters. The van der Waals surface area contributed by atoms with Crippen molar-refractivity contribution in [1.29, 1.82) is 0 Å². The maximum Gasteiger partial charge on any atom is 0.319 e. The van der Waals surface area contributed by atoms with Crippen LogP contribution in [0.15, 0.2) is 71.3 Å². The van der Waals surface area contributed by atoms with Crippen molar-refractivity contribution in [3.63, 3.8) is 0 Å². The molecular formula is C24H22ClFN6O2. The van der Waals surface area contributed by atoms with E-state index in [4.69, 9.17) is 17.3 Å². The number of allylic oxidation sites excluding steroid dienone is 1. The molecule has 0 aromatic heterocycles. The number of carbonyl (C=O) groups excluding carboxylic acids is 2. The van der Waals surface area contributed by atoms with Crippen molar-refractivity contribution in [1.82, 2.24) is 15.5 Å². The molecule has 174 valence electrons. The van der Waals surface area contributed by atoms with E-state index in [0.29, 0.717) is 11.4 Å². The van der Waals surface area contributed by atoms with Crippen LogP contribution in [0.2, 0.25) is 5.02 Å². The third kappa shape index (κ3) is 3.77. The summed E-state index contributed by atoms with van der Waals surface area (Å²) in [7, 11) is 0. The van der Waals surface area contributed by atoms with Gasteiger partial charge in [0.2, 0.25) is 0 Å². The van der Waals surface area contributed by atoms with Gasteiger partial charge in [-0.1, -0.05) is 35.9 Å². The first-order valence-electron chi connectivity index (χ1n) is 10.8. The Morgan fingerprint density at radius 3 is 2.79 bits per heavy atom. The number of benzene rings is 2. The molecule has 1 fully saturated rings. The fraction of sp³-hybridized carbons (Fsp3) is 0.208. The largest absolute Gasteiger partial charge is 0.364 e. The topological polar surface area (TPSA) is 112 Å². The number of nitrogens with two attached hydrogens (primary N) is 1. The van der Waals surface area contributed by atoms with Crippen molar-refractivity contribution in [2.45, 2.75) is 25.0 Å². The van der Waals surface area contributed by atoms with Crippen LogP contribution in [0.5, 0.6) is 0 Å². The molecule has 0 bridgehead atoms. The minimum Gasteiger partial charge on any atom is -0.364 e. The predicted molar refractivity (Wildman–Crippen MR) is 127 cm³/mol. The number of halogens is 2. The van der Waals surface area contributed by atoms with Gasteiger partial charge in [-0.3, -0.25) is 9.79 Å². The average molecular weight is 481 g/mol. The third-order valence-electron chi connectivity index (χ3n) is 6.17. The Kier molecular flexibility index (Phi) is 5.49. The highest BCUT2D eigenvalue weighted by Crippen LogP contribution is 2.53. The summed E-state index contributed by atoms with van der Waals surface area (Å²) in [5.74, 6) is -0.972. The molecule has 0 radical (unpaired) electrons. The Morgan fingerprint density at radius 2 is 2.06 bits per heavy atom. The van der Waals surface area contributed by atoms with Gasteiger partial charge in [-0.05, 0) is 36.6 Å². The van der Waals surface area contributed by atoms with Gasteiger partial charge in [-0.2, -0.15) is 0 Å². The van der Waals surface area contributed by atoms with Crippen molar-refractivity contribution >= 4 is 35.4 Å². The summed E-state index contributed by atoms with van der Waals surface area (Å²) < 4.78 is 14.0. The highest BCUT2D eigenvalue weighted by molar-refractivity contribution is 6.30. The third-order valence-corrected chi connectivity index (χ3v) is 6.41. The summed E-state index contributed by atoms with van der Waals surface area (Å²) in [4.78, 5) is 30.9. The van der Waals surface area contributed by atoms with E-state index in [1.165, 1.54) is 12.1 Å². The molecule has 1 aliphatic carbocycles. The number of amides is 3. The predicted octanol–water partition coefficient (Wildman–Crippen LogP) is 3.52. The number of hydrogen-bond acceptors (Lipinski definition) is 5. The second-order valence-electron chi connectivity index (χ2n) is 8.33. The number of aliphatic imine (C=N–C) groups is 1. The van der Waals surface area contributed by atoms with Crippen LogP contribution in [-0.2, 0) is 17.0 Å². The minimum absolute atomic E-state index is 0.0276. The van der Waals surface area contributed by atoms with Crippen LogP contribution in [0.25, 0.3) is 0 Å². The van der Waals surface area contributed by atoms with E-state index < -0.39 is 23.4 Å². The first-order valence-corrected chi connectivity index (χ1v) is 11.2. The van der Waals surface area contributed by atoms with Crippen LogP contribution < -0.4 is 21.7 Å². The molecule has 3 aliphatic rings. The molecule has 2 aliphatic heterocycles. The molecule has 3 amide bonds. The van der Waals surface area contributed by atoms with E-state index in [1.807, 2.05) is 35.4 Å². The lowest BCUT2D eigenvalue weighted by Crippen LogP contribution is -2.51. The van der Waals surface area contributed by atoms with Crippen LogP contribution in [0, 0.1) is 11.7 Å². The number of primary amides is 1. The quantitative estimate of drug-likeness (QED) is 0.506. The van der Waals surface area contributed by atoms with E-state index in [-0.39, 0.29) is 23.2 Å². The molecule has 2 aromatic rings. The number of carbonyl (C=O) groups is 2. The van der Waals surface area contributed by atoms with E-state index in [1.54, 1.807) is 12.4 Å². The van der Waals surface area contributed by atoms with Gasteiger partial charge in [0, 0.05) is 35.4 Å². The van der Waals surface area contributed by atoms with Crippen LogP contribution in [0.1, 0.15) is 24.0 Å². The number of nitrogens with one attached hydrogen (secondary N) is 3. The molecule has 0 saturated heterocycles. The molecule has 2 aromatic carbocycles. The zero-order valence-electron chi connectivity index (χ0n) is 18.0. The summed E-state index contributed by atoms with van der Waals surface area (Å²) in [5, 5.41) is 8.94. The first kappa shape index (κ1) is 22.0. The summed E-state index contributed by atoms with van der Waals surface area (Å²) in [6, 6.07) is 11.1. The molecule has 34 heavy (non-hydrogen) atoms. The highest BCUT2D eigenvalue weighted by Gasteiger charge is 2.56. The molecule has 5 rings (SSSR count). The van der Waals surface area contributed by atoms with Gasteiger partial charge in [0.1, 0.15) is 17.2 Å². The molecule has 5 N–H and O–H groups in total. The van der Waals surface area contributed by atoms with Crippen LogP contribution in [0.4, 0.5) is 14.9 Å². The van der Waals surface area contributed by atoms with E-state index >= 15 is 0 Å². The Bertz CT molecular complexity index is 1270. The van der Waals surface area contributed by atoms with Crippen LogP contribution in [0.3, 0.4) is 0 Å². The second-order valence-corrected chi connectivity index (χ2v) is 8.76. The molecule has 2 heterocycles. The Morgan fingerprint density at radius 1 is 1.26 bits per heavy atom. The van der Waals surface area contributed by atoms with Gasteiger partial charge in [-0.15, -0.1) is 0 Å². The summed E-state index contributed by atoms with van der Waals surface area (Å²) in [6.07, 6.45) is 7.04. The number of fused-ring (bicyclic) bond motifs is 1. The van der Waals surface area contributed by atoms with Crippen molar-refractivity contribution in [3.05, 3.63) is 88.2 Å². The molecule has 1 atom stereocenters. The first-order chi connectivity index (χ1) is 16.4. The highest BCUT2D eigenvalue weighted by atomic mass is 35.5. The summed E-state index contributed by atoms with van der Waals surface area (Å²) >= 11 is 5.77. The van der Waals surface area contributed by atoms with Gasteiger partial charge in [0.25, 0.3) is 5.91 Å². The van der Waals surface area contributed by atoms with E-state index in [9.17, 15) is 14.0 Å². The molecular weight excluding hydrogens is 459 g/mol. The average Bonchev–Trinajstić information content (AvgIpc) is 3.62. The number of rotatable bonds is 6. The SMILES string of the molecule is NC(=O)C1=C2C=NC=CN2C(c2ccccc2CNC(=O)Nc2ccc(Cl)cc2F)(C2CC2)N1. The van der Waals surface area contributed by atoms with Crippen molar-refractivity contribution in [2.75, 3.05) is 5.32 Å². The Balaban J connectivity index is 1.42. The van der Waals surface area contributed by atoms with Crippen molar-refractivity contribution < 1.29 is 14.0 Å². The molecule has 0 spiro atoms. The van der Waals surface area contributed by atoms with Crippen LogP contribution >= 0.6 is 11.6 Å². The van der Waals surface area contributed by atoms with Gasteiger partial charge in [0.15, 0.2) is 0 Å². The number of urea groups is 1. The van der Waals surface area contributed by atoms with Gasteiger partial charge >= 0.3 is 6.03 Å². The maximum absolute atomic E-state index is 14.0. The lowest BCUT2D eigenvalue weighted by Gasteiger charge is -2.41. The fourth-order valence-electron chi connectivity index (χ4n) is 4.55. The van der Waals surface area contributed by atoms with Crippen molar-refractivity contribution in [3.8, 4) is 0 Å². The summed E-state index contributed by atoms with van der Waals surface area (Å²) in [5.41, 5.74) is 7.64. The van der Waals surface area contributed by atoms with E-state index in [0.717, 1.165) is 30.0 Å². The fourth-order valence-corrected chi connectivity index (χ4v) is 4.71. The number of anilines is 1. The lowest BCUT2D eigenvalue weighted by atomic mass is 9.88. The van der Waals surface area contributed by atoms with Gasteiger partial charge in [0.05, 0.1) is 17.6 Å². The monoisotopic (exact) mass is 480 g/mol. The van der Waals surface area contributed by atoms with Gasteiger partial charge in [-0.25, -0.2) is 9.18 Å². The molecule has 10 heteroatoms. The second kappa shape index (κ2) is 8.49. The Labute approximate surface area is 200 Å². The lowest BCUT2D eigenvalue weighted by molar-refractivity contribution is -0.115. The van der Waals surface area contributed by atoms with Crippen molar-refractivity contribution in [2.24, 2.45) is 16.6 Å². The zero-order valence-corrected chi connectivity index (χ0v) is 18.8. The maximum atomic E-state index is 14.0. The molecule has 1 saturated carbocycles. The van der Waals surface area contributed by atoms with E-state index in [2.05, 4.69) is 20.9 Å². The smallest absolute Gasteiger partial charge is 0.319 e. The summed E-state index contributed by atoms with van der Waals surface area (Å²) in [6.45, 7) is 0.181. The number of nitrogens with zero attached hydrogens (tertiary/aromatic N) is 2. The molecule has 8 nitrogen and oxygen atoms in total. The zero-order chi connectivity index (χ0) is 23.9. The van der Waals surface area contributed by atoms with Crippen LogP contribution in [-0.4, -0.2) is 23.1 Å². The minimum atomic E-state index is -0.736. The standard InChI is InChI=1S/C24H22ClFN6O2/c25-16-7-8-19(18(26)11-16)30-23(34)29-12-14-3-1-2-4-17(14)24(15-5-6-15)31-21(22(27)33)20-13-28-9-10-32(20)24/h1-4,7-11,13,15,31H,5-6,12H2,(H2,27,33)(H2,29,30,34). The Hall–Kier alpha value is -3.85. The number of hydrogen-bond donors (Lipinski definition) is 4. The normalized spacial score (nSPS) is 20.7.